The van der Waals surface area contributed by atoms with Crippen molar-refractivity contribution in [3.63, 3.8) is 0 Å². The number of aliphatic hydroxyl groups is 1. The lowest BCUT2D eigenvalue weighted by Crippen LogP contribution is -2.52. The summed E-state index contributed by atoms with van der Waals surface area (Å²) < 4.78 is 20.5. The van der Waals surface area contributed by atoms with Crippen LogP contribution in [0.5, 0.6) is 0 Å². The number of hydrogen-bond acceptors (Lipinski definition) is 7. The van der Waals surface area contributed by atoms with Crippen LogP contribution in [0.1, 0.15) is 33.6 Å². The SMILES string of the molecule is CCOCCOC(CCCO)(C(=O)OCC)C(=O)OCC. The van der Waals surface area contributed by atoms with Crippen LogP contribution in [0, 0.1) is 0 Å². The lowest BCUT2D eigenvalue weighted by molar-refractivity contribution is -0.194. The number of esters is 2. The molecule has 7 heteroatoms. The van der Waals surface area contributed by atoms with Gasteiger partial charge in [0.2, 0.25) is 0 Å². The summed E-state index contributed by atoms with van der Waals surface area (Å²) >= 11 is 0. The fourth-order valence-electron chi connectivity index (χ4n) is 1.72. The number of ether oxygens (including phenoxy) is 4. The zero-order valence-corrected chi connectivity index (χ0v) is 13.1. The van der Waals surface area contributed by atoms with E-state index in [4.69, 9.17) is 24.1 Å². The van der Waals surface area contributed by atoms with Crippen LogP contribution in [-0.2, 0) is 28.5 Å². The molecule has 7 nitrogen and oxygen atoms in total. The lowest BCUT2D eigenvalue weighted by atomic mass is 9.97. The Kier molecular flexibility index (Phi) is 10.8. The molecule has 0 aromatic heterocycles. The molecule has 0 saturated carbocycles. The van der Waals surface area contributed by atoms with Crippen molar-refractivity contribution in [2.75, 3.05) is 39.6 Å². The first-order valence-electron chi connectivity index (χ1n) is 7.26. The van der Waals surface area contributed by atoms with Gasteiger partial charge in [0.1, 0.15) is 0 Å². The van der Waals surface area contributed by atoms with E-state index in [0.717, 1.165) is 0 Å². The second-order valence-electron chi connectivity index (χ2n) is 4.14. The van der Waals surface area contributed by atoms with Gasteiger partial charge in [-0.2, -0.15) is 0 Å². The highest BCUT2D eigenvalue weighted by atomic mass is 16.6. The second kappa shape index (κ2) is 11.5. The maximum atomic E-state index is 12.2. The highest BCUT2D eigenvalue weighted by molar-refractivity contribution is 6.03. The van der Waals surface area contributed by atoms with Gasteiger partial charge in [-0.1, -0.05) is 0 Å². The van der Waals surface area contributed by atoms with Gasteiger partial charge >= 0.3 is 11.9 Å². The Morgan fingerprint density at radius 1 is 0.952 bits per heavy atom. The van der Waals surface area contributed by atoms with Crippen molar-refractivity contribution < 1.29 is 33.6 Å². The summed E-state index contributed by atoms with van der Waals surface area (Å²) in [5.41, 5.74) is -1.84. The highest BCUT2D eigenvalue weighted by Crippen LogP contribution is 2.23. The van der Waals surface area contributed by atoms with E-state index in [-0.39, 0.29) is 45.9 Å². The van der Waals surface area contributed by atoms with Crippen LogP contribution in [0.15, 0.2) is 0 Å². The van der Waals surface area contributed by atoms with E-state index in [2.05, 4.69) is 0 Å². The van der Waals surface area contributed by atoms with E-state index in [9.17, 15) is 9.59 Å². The second-order valence-corrected chi connectivity index (χ2v) is 4.14. The maximum absolute atomic E-state index is 12.2. The molecule has 0 bridgehead atoms. The van der Waals surface area contributed by atoms with Gasteiger partial charge in [-0.25, -0.2) is 9.59 Å². The Labute approximate surface area is 125 Å². The van der Waals surface area contributed by atoms with Crippen LogP contribution in [-0.4, -0.2) is 62.3 Å². The summed E-state index contributed by atoms with van der Waals surface area (Å²) in [7, 11) is 0. The number of aliphatic hydroxyl groups excluding tert-OH is 1. The number of carbonyl (C=O) groups excluding carboxylic acids is 2. The van der Waals surface area contributed by atoms with Gasteiger partial charge in [-0.05, 0) is 27.2 Å². The summed E-state index contributed by atoms with van der Waals surface area (Å²) in [6, 6.07) is 0. The largest absolute Gasteiger partial charge is 0.463 e. The van der Waals surface area contributed by atoms with Crippen molar-refractivity contribution in [2.45, 2.75) is 39.2 Å². The van der Waals surface area contributed by atoms with Crippen LogP contribution < -0.4 is 0 Å². The Bertz CT molecular complexity index is 286. The standard InChI is InChI=1S/C14H26O7/c1-4-18-10-11-21-14(8-7-9-15,12(16)19-5-2)13(17)20-6-3/h15H,4-11H2,1-3H3. The molecule has 0 aromatic carbocycles. The van der Waals surface area contributed by atoms with E-state index in [1.165, 1.54) is 0 Å². The van der Waals surface area contributed by atoms with Crippen LogP contribution in [0.25, 0.3) is 0 Å². The molecule has 0 atom stereocenters. The first kappa shape index (κ1) is 19.8. The predicted molar refractivity (Wildman–Crippen MR) is 74.8 cm³/mol. The first-order chi connectivity index (χ1) is 10.1. The molecule has 0 aliphatic carbocycles. The predicted octanol–water partition coefficient (Wildman–Crippen LogP) is 0.677. The normalized spacial score (nSPS) is 11.2. The smallest absolute Gasteiger partial charge is 0.350 e. The summed E-state index contributed by atoms with van der Waals surface area (Å²) in [5, 5.41) is 8.98. The monoisotopic (exact) mass is 306 g/mol. The zero-order chi connectivity index (χ0) is 16.1. The van der Waals surface area contributed by atoms with E-state index in [1.54, 1.807) is 13.8 Å². The van der Waals surface area contributed by atoms with Gasteiger partial charge in [0.05, 0.1) is 26.4 Å². The fourth-order valence-corrected chi connectivity index (χ4v) is 1.72. The zero-order valence-electron chi connectivity index (χ0n) is 13.1. The Morgan fingerprint density at radius 2 is 1.52 bits per heavy atom. The van der Waals surface area contributed by atoms with E-state index in [0.29, 0.717) is 6.61 Å². The summed E-state index contributed by atoms with van der Waals surface area (Å²) in [6.45, 7) is 5.98. The summed E-state index contributed by atoms with van der Waals surface area (Å²) in [4.78, 5) is 24.4. The molecule has 0 unspecified atom stereocenters. The average Bonchev–Trinajstić information content (AvgIpc) is 2.47. The van der Waals surface area contributed by atoms with E-state index in [1.807, 2.05) is 6.92 Å². The molecule has 0 spiro atoms. The molecule has 0 fully saturated rings. The van der Waals surface area contributed by atoms with Crippen molar-refractivity contribution in [3.8, 4) is 0 Å². The van der Waals surface area contributed by atoms with Crippen molar-refractivity contribution in [1.82, 2.24) is 0 Å². The molecule has 0 heterocycles. The van der Waals surface area contributed by atoms with Crippen molar-refractivity contribution in [3.05, 3.63) is 0 Å². The van der Waals surface area contributed by atoms with E-state index < -0.39 is 17.5 Å². The third-order valence-electron chi connectivity index (χ3n) is 2.68. The van der Waals surface area contributed by atoms with Gasteiger partial charge in [0.15, 0.2) is 0 Å². The topological polar surface area (TPSA) is 91.3 Å². The minimum Gasteiger partial charge on any atom is -0.463 e. The summed E-state index contributed by atoms with van der Waals surface area (Å²) in [5.74, 6) is -1.60. The first-order valence-corrected chi connectivity index (χ1v) is 7.26. The molecule has 0 saturated heterocycles. The molecule has 0 aliphatic heterocycles. The lowest BCUT2D eigenvalue weighted by Gasteiger charge is -2.29. The maximum Gasteiger partial charge on any atom is 0.350 e. The van der Waals surface area contributed by atoms with Crippen molar-refractivity contribution in [1.29, 1.82) is 0 Å². The molecule has 124 valence electrons. The van der Waals surface area contributed by atoms with Crippen LogP contribution >= 0.6 is 0 Å². The van der Waals surface area contributed by atoms with E-state index >= 15 is 0 Å². The molecular weight excluding hydrogens is 280 g/mol. The Morgan fingerprint density at radius 3 is 1.95 bits per heavy atom. The number of rotatable bonds is 12. The van der Waals surface area contributed by atoms with Gasteiger partial charge < -0.3 is 24.1 Å². The third-order valence-corrected chi connectivity index (χ3v) is 2.68. The molecule has 21 heavy (non-hydrogen) atoms. The third kappa shape index (κ3) is 6.41. The number of carbonyl (C=O) groups is 2. The minimum absolute atomic E-state index is 0.00666. The van der Waals surface area contributed by atoms with Gasteiger partial charge in [-0.3, -0.25) is 0 Å². The van der Waals surface area contributed by atoms with Crippen LogP contribution in [0.4, 0.5) is 0 Å². The molecule has 0 aromatic rings. The summed E-state index contributed by atoms with van der Waals surface area (Å²) in [6.07, 6.45) is 0.208. The molecule has 0 radical (unpaired) electrons. The molecule has 0 rings (SSSR count). The van der Waals surface area contributed by atoms with Crippen molar-refractivity contribution in [2.24, 2.45) is 0 Å². The highest BCUT2D eigenvalue weighted by Gasteiger charge is 2.49. The van der Waals surface area contributed by atoms with Gasteiger partial charge in [-0.15, -0.1) is 0 Å². The van der Waals surface area contributed by atoms with Crippen LogP contribution in [0.2, 0.25) is 0 Å². The minimum atomic E-state index is -1.84. The average molecular weight is 306 g/mol. The molecule has 0 amide bonds. The Hall–Kier alpha value is -1.18. The fraction of sp³-hybridized carbons (Fsp3) is 0.857. The molecular formula is C14H26O7. The van der Waals surface area contributed by atoms with Gasteiger partial charge in [0.25, 0.3) is 5.60 Å². The van der Waals surface area contributed by atoms with Crippen molar-refractivity contribution >= 4 is 11.9 Å². The van der Waals surface area contributed by atoms with Crippen LogP contribution in [0.3, 0.4) is 0 Å². The molecule has 1 N–H and O–H groups in total. The molecule has 0 aliphatic rings. The Balaban J connectivity index is 5.08. The van der Waals surface area contributed by atoms with Gasteiger partial charge in [0, 0.05) is 19.6 Å². The number of hydrogen-bond donors (Lipinski definition) is 1. The quantitative estimate of drug-likeness (QED) is 0.322.